The molecule has 2 aromatic carbocycles. The van der Waals surface area contributed by atoms with Crippen molar-refractivity contribution in [1.82, 2.24) is 20.6 Å². The second-order valence-electron chi connectivity index (χ2n) is 6.45. The van der Waals surface area contributed by atoms with E-state index < -0.39 is 11.7 Å². The molecule has 0 atom stereocenters. The molecule has 0 aliphatic heterocycles. The first-order valence-corrected chi connectivity index (χ1v) is 7.86. The summed E-state index contributed by atoms with van der Waals surface area (Å²) in [7, 11) is 0. The van der Waals surface area contributed by atoms with Crippen molar-refractivity contribution >= 4 is 11.8 Å². The van der Waals surface area contributed by atoms with E-state index in [0.29, 0.717) is 11.5 Å². The molecule has 0 saturated heterocycles. The van der Waals surface area contributed by atoms with E-state index in [-0.39, 0.29) is 0 Å². The smallest absolute Gasteiger partial charge is 0.412 e. The molecular weight excluding hydrogens is 318 g/mol. The SMILES string of the molecule is CC(C)(C)OC(=O)Nc1ccccc1-c1ccccc1-c1nn[nH]n1. The Kier molecular flexibility index (Phi) is 4.47. The van der Waals surface area contributed by atoms with Gasteiger partial charge in [-0.15, -0.1) is 10.2 Å². The molecule has 3 aromatic rings. The van der Waals surface area contributed by atoms with Crippen molar-refractivity contribution in [2.24, 2.45) is 0 Å². The van der Waals surface area contributed by atoms with Crippen molar-refractivity contribution in [3.8, 4) is 22.5 Å². The highest BCUT2D eigenvalue weighted by atomic mass is 16.6. The van der Waals surface area contributed by atoms with Crippen LogP contribution in [0.4, 0.5) is 10.5 Å². The maximum Gasteiger partial charge on any atom is 0.412 e. The van der Waals surface area contributed by atoms with Crippen molar-refractivity contribution in [3.05, 3.63) is 48.5 Å². The van der Waals surface area contributed by atoms with Gasteiger partial charge in [0.2, 0.25) is 5.82 Å². The number of benzene rings is 2. The van der Waals surface area contributed by atoms with Crippen molar-refractivity contribution in [2.45, 2.75) is 26.4 Å². The second-order valence-corrected chi connectivity index (χ2v) is 6.45. The summed E-state index contributed by atoms with van der Waals surface area (Å²) in [6, 6.07) is 15.2. The zero-order valence-corrected chi connectivity index (χ0v) is 14.3. The molecule has 1 heterocycles. The molecule has 0 saturated carbocycles. The van der Waals surface area contributed by atoms with E-state index in [1.165, 1.54) is 0 Å². The fourth-order valence-corrected chi connectivity index (χ4v) is 2.43. The van der Waals surface area contributed by atoms with Gasteiger partial charge in [0.1, 0.15) is 5.60 Å². The third kappa shape index (κ3) is 4.00. The number of nitrogens with zero attached hydrogens (tertiary/aromatic N) is 3. The second kappa shape index (κ2) is 6.72. The maximum atomic E-state index is 12.2. The summed E-state index contributed by atoms with van der Waals surface area (Å²) in [6.45, 7) is 5.47. The van der Waals surface area contributed by atoms with Gasteiger partial charge < -0.3 is 4.74 Å². The average Bonchev–Trinajstić information content (AvgIpc) is 3.08. The topological polar surface area (TPSA) is 92.8 Å². The Balaban J connectivity index is 1.99. The van der Waals surface area contributed by atoms with Gasteiger partial charge in [0, 0.05) is 11.1 Å². The van der Waals surface area contributed by atoms with Crippen LogP contribution in [0.1, 0.15) is 20.8 Å². The van der Waals surface area contributed by atoms with Crippen molar-refractivity contribution in [1.29, 1.82) is 0 Å². The van der Waals surface area contributed by atoms with Crippen LogP contribution in [0.2, 0.25) is 0 Å². The number of rotatable bonds is 3. The van der Waals surface area contributed by atoms with Gasteiger partial charge in [0.15, 0.2) is 0 Å². The van der Waals surface area contributed by atoms with E-state index in [4.69, 9.17) is 4.74 Å². The molecule has 25 heavy (non-hydrogen) atoms. The Morgan fingerprint density at radius 2 is 1.64 bits per heavy atom. The number of carbonyl (C=O) groups is 1. The van der Waals surface area contributed by atoms with Crippen LogP contribution in [-0.2, 0) is 4.74 Å². The maximum absolute atomic E-state index is 12.2. The first kappa shape index (κ1) is 16.6. The lowest BCUT2D eigenvalue weighted by atomic mass is 9.98. The molecule has 0 bridgehead atoms. The summed E-state index contributed by atoms with van der Waals surface area (Å²) in [6.07, 6.45) is -0.503. The van der Waals surface area contributed by atoms with E-state index in [1.54, 1.807) is 0 Å². The van der Waals surface area contributed by atoms with Crippen LogP contribution in [-0.4, -0.2) is 32.3 Å². The lowest BCUT2D eigenvalue weighted by Crippen LogP contribution is -2.27. The molecule has 0 radical (unpaired) electrons. The molecule has 1 aromatic heterocycles. The van der Waals surface area contributed by atoms with E-state index in [1.807, 2.05) is 69.3 Å². The predicted octanol–water partition coefficient (Wildman–Crippen LogP) is 3.88. The highest BCUT2D eigenvalue weighted by Crippen LogP contribution is 2.34. The highest BCUT2D eigenvalue weighted by molar-refractivity contribution is 5.94. The first-order chi connectivity index (χ1) is 11.9. The number of hydrogen-bond donors (Lipinski definition) is 2. The molecule has 1 amide bonds. The van der Waals surface area contributed by atoms with Crippen LogP contribution in [0, 0.1) is 0 Å². The lowest BCUT2D eigenvalue weighted by molar-refractivity contribution is 0.0636. The minimum atomic E-state index is -0.568. The number of nitrogens with one attached hydrogen (secondary N) is 2. The Morgan fingerprint density at radius 3 is 2.28 bits per heavy atom. The van der Waals surface area contributed by atoms with Crippen LogP contribution in [0.5, 0.6) is 0 Å². The quantitative estimate of drug-likeness (QED) is 0.756. The van der Waals surface area contributed by atoms with Crippen molar-refractivity contribution < 1.29 is 9.53 Å². The van der Waals surface area contributed by atoms with E-state index in [2.05, 4.69) is 25.9 Å². The number of para-hydroxylation sites is 1. The normalized spacial score (nSPS) is 11.2. The fraction of sp³-hybridized carbons (Fsp3) is 0.222. The van der Waals surface area contributed by atoms with Gasteiger partial charge >= 0.3 is 6.09 Å². The number of tetrazole rings is 1. The van der Waals surface area contributed by atoms with Gasteiger partial charge in [-0.25, -0.2) is 4.79 Å². The summed E-state index contributed by atoms with van der Waals surface area (Å²) in [5.74, 6) is 0.489. The minimum Gasteiger partial charge on any atom is -0.444 e. The Labute approximate surface area is 145 Å². The number of carbonyl (C=O) groups excluding carboxylic acids is 1. The Bertz CT molecular complexity index is 869. The van der Waals surface area contributed by atoms with Gasteiger partial charge in [0.25, 0.3) is 0 Å². The molecule has 0 unspecified atom stereocenters. The van der Waals surface area contributed by atoms with Gasteiger partial charge in [-0.3, -0.25) is 5.32 Å². The molecule has 7 heteroatoms. The summed E-state index contributed by atoms with van der Waals surface area (Å²) < 4.78 is 5.35. The molecule has 3 rings (SSSR count). The monoisotopic (exact) mass is 337 g/mol. The lowest BCUT2D eigenvalue weighted by Gasteiger charge is -2.20. The third-order valence-electron chi connectivity index (χ3n) is 3.37. The summed E-state index contributed by atoms with van der Waals surface area (Å²) in [5, 5.41) is 17.0. The number of ether oxygens (including phenoxy) is 1. The predicted molar refractivity (Wildman–Crippen MR) is 94.9 cm³/mol. The largest absolute Gasteiger partial charge is 0.444 e. The highest BCUT2D eigenvalue weighted by Gasteiger charge is 2.18. The number of amides is 1. The van der Waals surface area contributed by atoms with Crippen LogP contribution >= 0.6 is 0 Å². The third-order valence-corrected chi connectivity index (χ3v) is 3.37. The number of hydrogen-bond acceptors (Lipinski definition) is 5. The summed E-state index contributed by atoms with van der Waals surface area (Å²) in [4.78, 5) is 12.2. The molecular formula is C18H19N5O2. The minimum absolute atomic E-state index is 0.489. The van der Waals surface area contributed by atoms with Crippen LogP contribution in [0.25, 0.3) is 22.5 Å². The molecule has 0 aliphatic rings. The fourth-order valence-electron chi connectivity index (χ4n) is 2.43. The Morgan fingerprint density at radius 1 is 1.00 bits per heavy atom. The first-order valence-electron chi connectivity index (χ1n) is 7.86. The number of anilines is 1. The zero-order chi connectivity index (χ0) is 17.9. The molecule has 0 aliphatic carbocycles. The molecule has 2 N–H and O–H groups in total. The Hall–Kier alpha value is -3.22. The van der Waals surface area contributed by atoms with E-state index >= 15 is 0 Å². The number of aromatic amines is 1. The summed E-state index contributed by atoms with van der Waals surface area (Å²) >= 11 is 0. The van der Waals surface area contributed by atoms with Gasteiger partial charge in [-0.1, -0.05) is 42.5 Å². The van der Waals surface area contributed by atoms with E-state index in [0.717, 1.165) is 16.7 Å². The zero-order valence-electron chi connectivity index (χ0n) is 14.3. The summed E-state index contributed by atoms with van der Waals surface area (Å²) in [5.41, 5.74) is 2.62. The standard InChI is InChI=1S/C18H19N5O2/c1-18(2,3)25-17(24)19-15-11-7-6-9-13(15)12-8-4-5-10-14(12)16-20-22-23-21-16/h4-11H,1-3H3,(H,19,24)(H,20,21,22,23). The van der Waals surface area contributed by atoms with Gasteiger partial charge in [-0.2, -0.15) is 5.21 Å². The van der Waals surface area contributed by atoms with Crippen molar-refractivity contribution in [3.63, 3.8) is 0 Å². The number of aromatic nitrogens is 4. The molecule has 0 fully saturated rings. The average molecular weight is 337 g/mol. The molecule has 128 valence electrons. The number of H-pyrrole nitrogens is 1. The van der Waals surface area contributed by atoms with Gasteiger partial charge in [0.05, 0.1) is 5.69 Å². The molecule has 0 spiro atoms. The van der Waals surface area contributed by atoms with Gasteiger partial charge in [-0.05, 0) is 37.6 Å². The molecule has 7 nitrogen and oxygen atoms in total. The van der Waals surface area contributed by atoms with E-state index in [9.17, 15) is 4.79 Å². The van der Waals surface area contributed by atoms with Crippen LogP contribution in [0.3, 0.4) is 0 Å². The van der Waals surface area contributed by atoms with Crippen LogP contribution < -0.4 is 5.32 Å². The van der Waals surface area contributed by atoms with Crippen molar-refractivity contribution in [2.75, 3.05) is 5.32 Å². The van der Waals surface area contributed by atoms with Crippen LogP contribution in [0.15, 0.2) is 48.5 Å².